The van der Waals surface area contributed by atoms with E-state index in [1.54, 1.807) is 0 Å². The van der Waals surface area contributed by atoms with Gasteiger partial charge in [-0.1, -0.05) is 13.8 Å². The lowest BCUT2D eigenvalue weighted by molar-refractivity contribution is -0.140. The number of carbonyl (C=O) groups is 3. The minimum Gasteiger partial charge on any atom is -0.299 e. The number of rotatable bonds is 4. The Labute approximate surface area is 114 Å². The first-order valence-electron chi connectivity index (χ1n) is 7.39. The Bertz CT molecular complexity index is 383. The number of likely N-dealkylation sites (tertiary alicyclic amines) is 1. The molecule has 1 aliphatic heterocycles. The third-order valence-corrected chi connectivity index (χ3v) is 4.56. The van der Waals surface area contributed by atoms with Crippen LogP contribution in [-0.2, 0) is 14.4 Å². The smallest absolute Gasteiger partial charge is 0.232 e. The van der Waals surface area contributed by atoms with E-state index in [1.807, 2.05) is 13.8 Å². The van der Waals surface area contributed by atoms with E-state index in [4.69, 9.17) is 0 Å². The lowest BCUT2D eigenvalue weighted by atomic mass is 9.79. The van der Waals surface area contributed by atoms with Crippen molar-refractivity contribution in [2.75, 3.05) is 6.54 Å². The first kappa shape index (κ1) is 14.2. The molecule has 0 aromatic rings. The molecule has 0 aromatic carbocycles. The lowest BCUT2D eigenvalue weighted by Crippen LogP contribution is -2.36. The summed E-state index contributed by atoms with van der Waals surface area (Å²) in [6.07, 6.45) is 4.74. The van der Waals surface area contributed by atoms with Crippen molar-refractivity contribution >= 4 is 17.6 Å². The van der Waals surface area contributed by atoms with Gasteiger partial charge in [-0.3, -0.25) is 19.3 Å². The molecule has 0 aromatic heterocycles. The van der Waals surface area contributed by atoms with E-state index >= 15 is 0 Å². The van der Waals surface area contributed by atoms with Crippen LogP contribution in [0.25, 0.3) is 0 Å². The number of ketones is 1. The molecular formula is C15H23NO3. The van der Waals surface area contributed by atoms with Crippen molar-refractivity contribution in [3.8, 4) is 0 Å². The van der Waals surface area contributed by atoms with Gasteiger partial charge in [0.1, 0.15) is 5.78 Å². The van der Waals surface area contributed by atoms with Gasteiger partial charge < -0.3 is 0 Å². The number of amides is 2. The second-order valence-corrected chi connectivity index (χ2v) is 5.99. The summed E-state index contributed by atoms with van der Waals surface area (Å²) >= 11 is 0. The molecule has 1 aliphatic carbocycles. The molecule has 2 rings (SSSR count). The van der Waals surface area contributed by atoms with E-state index in [2.05, 4.69) is 0 Å². The number of Topliss-reactive ketones (excluding diaryl/α,β-unsaturated/α-hetero) is 1. The predicted octanol–water partition coefficient (Wildman–Crippen LogP) is 2.17. The minimum atomic E-state index is -0.148. The highest BCUT2D eigenvalue weighted by Gasteiger charge is 2.37. The normalized spacial score (nSPS) is 31.9. The Kier molecular flexibility index (Phi) is 4.38. The zero-order valence-electron chi connectivity index (χ0n) is 11.9. The van der Waals surface area contributed by atoms with Crippen LogP contribution in [0.15, 0.2) is 0 Å². The number of imide groups is 1. The summed E-state index contributed by atoms with van der Waals surface area (Å²) in [5.74, 6) is 0.774. The Balaban J connectivity index is 1.84. The summed E-state index contributed by atoms with van der Waals surface area (Å²) in [5, 5.41) is 0. The average molecular weight is 265 g/mol. The molecule has 2 aliphatic rings. The zero-order valence-corrected chi connectivity index (χ0v) is 11.9. The summed E-state index contributed by atoms with van der Waals surface area (Å²) in [5.41, 5.74) is 0. The molecule has 4 nitrogen and oxygen atoms in total. The standard InChI is InChI=1S/C15H23NO3/c1-3-13(17)12-6-4-11(5-7-12)9-16-14(18)8-10(2)15(16)19/h10-12H,3-9H2,1-2H3/t10-,11?,12?/m1/s1. The molecule has 0 radical (unpaired) electrons. The van der Waals surface area contributed by atoms with E-state index < -0.39 is 0 Å². The van der Waals surface area contributed by atoms with Gasteiger partial charge in [-0.25, -0.2) is 0 Å². The summed E-state index contributed by atoms with van der Waals surface area (Å²) in [6.45, 7) is 4.30. The van der Waals surface area contributed by atoms with Crippen molar-refractivity contribution in [2.45, 2.75) is 52.4 Å². The SMILES string of the molecule is CCC(=O)C1CCC(CN2C(=O)C[C@@H](C)C2=O)CC1. The maximum absolute atomic E-state index is 11.9. The molecule has 0 spiro atoms. The van der Waals surface area contributed by atoms with Crippen LogP contribution in [0, 0.1) is 17.8 Å². The van der Waals surface area contributed by atoms with Crippen LogP contribution in [0.2, 0.25) is 0 Å². The van der Waals surface area contributed by atoms with Gasteiger partial charge in [-0.15, -0.1) is 0 Å². The Morgan fingerprint density at radius 3 is 2.32 bits per heavy atom. The Morgan fingerprint density at radius 1 is 1.21 bits per heavy atom. The van der Waals surface area contributed by atoms with Crippen LogP contribution in [0.4, 0.5) is 0 Å². The molecule has 106 valence electrons. The highest BCUT2D eigenvalue weighted by molar-refractivity contribution is 6.03. The Hall–Kier alpha value is -1.19. The number of hydrogen-bond acceptors (Lipinski definition) is 3. The van der Waals surface area contributed by atoms with Crippen LogP contribution >= 0.6 is 0 Å². The van der Waals surface area contributed by atoms with Crippen LogP contribution < -0.4 is 0 Å². The fourth-order valence-corrected chi connectivity index (χ4v) is 3.25. The van der Waals surface area contributed by atoms with Gasteiger partial charge in [0.2, 0.25) is 11.8 Å². The Morgan fingerprint density at radius 2 is 1.84 bits per heavy atom. The molecule has 0 bridgehead atoms. The molecule has 0 N–H and O–H groups in total. The van der Waals surface area contributed by atoms with Crippen LogP contribution in [0.1, 0.15) is 52.4 Å². The predicted molar refractivity (Wildman–Crippen MR) is 71.2 cm³/mol. The quantitative estimate of drug-likeness (QED) is 0.732. The fraction of sp³-hybridized carbons (Fsp3) is 0.800. The van der Waals surface area contributed by atoms with Gasteiger partial charge in [0.05, 0.1) is 0 Å². The van der Waals surface area contributed by atoms with Crippen molar-refractivity contribution in [2.24, 2.45) is 17.8 Å². The summed E-state index contributed by atoms with van der Waals surface area (Å²) in [4.78, 5) is 36.7. The topological polar surface area (TPSA) is 54.5 Å². The molecule has 1 heterocycles. The van der Waals surface area contributed by atoms with Crippen molar-refractivity contribution in [3.05, 3.63) is 0 Å². The molecule has 0 unspecified atom stereocenters. The van der Waals surface area contributed by atoms with Crippen molar-refractivity contribution in [1.29, 1.82) is 0 Å². The van der Waals surface area contributed by atoms with Gasteiger partial charge in [0.15, 0.2) is 0 Å². The minimum absolute atomic E-state index is 0.0169. The zero-order chi connectivity index (χ0) is 14.0. The van der Waals surface area contributed by atoms with Crippen LogP contribution in [-0.4, -0.2) is 29.0 Å². The number of hydrogen-bond donors (Lipinski definition) is 0. The summed E-state index contributed by atoms with van der Waals surface area (Å²) in [7, 11) is 0. The van der Waals surface area contributed by atoms with E-state index in [0.717, 1.165) is 25.7 Å². The first-order chi connectivity index (χ1) is 9.02. The number of nitrogens with zero attached hydrogens (tertiary/aromatic N) is 1. The van der Waals surface area contributed by atoms with Gasteiger partial charge in [-0.2, -0.15) is 0 Å². The molecule has 1 atom stereocenters. The first-order valence-corrected chi connectivity index (χ1v) is 7.39. The summed E-state index contributed by atoms with van der Waals surface area (Å²) < 4.78 is 0. The maximum atomic E-state index is 11.9. The number of carbonyl (C=O) groups excluding carboxylic acids is 3. The largest absolute Gasteiger partial charge is 0.299 e. The second kappa shape index (κ2) is 5.85. The van der Waals surface area contributed by atoms with Crippen LogP contribution in [0.3, 0.4) is 0 Å². The molecular weight excluding hydrogens is 242 g/mol. The third-order valence-electron chi connectivity index (χ3n) is 4.56. The van der Waals surface area contributed by atoms with Gasteiger partial charge in [-0.05, 0) is 31.6 Å². The van der Waals surface area contributed by atoms with E-state index in [0.29, 0.717) is 31.1 Å². The van der Waals surface area contributed by atoms with Crippen molar-refractivity contribution < 1.29 is 14.4 Å². The lowest BCUT2D eigenvalue weighted by Gasteiger charge is -2.29. The molecule has 1 saturated heterocycles. The molecule has 19 heavy (non-hydrogen) atoms. The fourth-order valence-electron chi connectivity index (χ4n) is 3.25. The highest BCUT2D eigenvalue weighted by atomic mass is 16.2. The van der Waals surface area contributed by atoms with E-state index in [-0.39, 0.29) is 23.7 Å². The maximum Gasteiger partial charge on any atom is 0.232 e. The molecule has 1 saturated carbocycles. The summed E-state index contributed by atoms with van der Waals surface area (Å²) in [6, 6.07) is 0. The third kappa shape index (κ3) is 3.04. The molecule has 4 heteroatoms. The second-order valence-electron chi connectivity index (χ2n) is 5.99. The molecule has 2 amide bonds. The monoisotopic (exact) mass is 265 g/mol. The van der Waals surface area contributed by atoms with Gasteiger partial charge in [0.25, 0.3) is 0 Å². The molecule has 2 fully saturated rings. The van der Waals surface area contributed by atoms with Crippen molar-refractivity contribution in [1.82, 2.24) is 4.90 Å². The van der Waals surface area contributed by atoms with Crippen LogP contribution in [0.5, 0.6) is 0 Å². The highest BCUT2D eigenvalue weighted by Crippen LogP contribution is 2.32. The van der Waals surface area contributed by atoms with Crippen molar-refractivity contribution in [3.63, 3.8) is 0 Å². The van der Waals surface area contributed by atoms with E-state index in [1.165, 1.54) is 4.90 Å². The van der Waals surface area contributed by atoms with E-state index in [9.17, 15) is 14.4 Å². The van der Waals surface area contributed by atoms with Gasteiger partial charge in [0, 0.05) is 31.2 Å². The van der Waals surface area contributed by atoms with Gasteiger partial charge >= 0.3 is 0 Å². The average Bonchev–Trinajstić information content (AvgIpc) is 2.65.